The summed E-state index contributed by atoms with van der Waals surface area (Å²) in [5, 5.41) is 3.35. The summed E-state index contributed by atoms with van der Waals surface area (Å²) >= 11 is 1.96. The second-order valence-electron chi connectivity index (χ2n) is 3.92. The van der Waals surface area contributed by atoms with Crippen LogP contribution >= 0.6 is 11.8 Å². The first-order valence-electron chi connectivity index (χ1n) is 6.29. The molecule has 17 heavy (non-hydrogen) atoms. The lowest BCUT2D eigenvalue weighted by Gasteiger charge is -2.16. The lowest BCUT2D eigenvalue weighted by Crippen LogP contribution is -2.18. The first-order chi connectivity index (χ1) is 8.31. The van der Waals surface area contributed by atoms with Crippen molar-refractivity contribution in [3.63, 3.8) is 0 Å². The van der Waals surface area contributed by atoms with Crippen molar-refractivity contribution in [3.05, 3.63) is 29.8 Å². The van der Waals surface area contributed by atoms with E-state index in [0.717, 1.165) is 30.3 Å². The van der Waals surface area contributed by atoms with E-state index in [1.807, 2.05) is 18.8 Å². The summed E-state index contributed by atoms with van der Waals surface area (Å²) in [6, 6.07) is 8.86. The van der Waals surface area contributed by atoms with Crippen molar-refractivity contribution in [2.45, 2.75) is 26.3 Å². The molecule has 0 heterocycles. The molecule has 0 aliphatic rings. The van der Waals surface area contributed by atoms with Crippen LogP contribution in [0, 0.1) is 0 Å². The molecule has 0 amide bonds. The molecule has 1 N–H and O–H groups in total. The van der Waals surface area contributed by atoms with Crippen LogP contribution in [0.25, 0.3) is 0 Å². The van der Waals surface area contributed by atoms with Gasteiger partial charge in [-0.05, 0) is 36.9 Å². The Bertz CT molecular complexity index is 300. The van der Waals surface area contributed by atoms with Gasteiger partial charge in [-0.1, -0.05) is 26.0 Å². The number of hydrogen-bond donors (Lipinski definition) is 1. The van der Waals surface area contributed by atoms with Crippen molar-refractivity contribution in [3.8, 4) is 5.75 Å². The van der Waals surface area contributed by atoms with E-state index in [2.05, 4.69) is 43.4 Å². The molecule has 96 valence electrons. The first kappa shape index (κ1) is 14.4. The highest BCUT2D eigenvalue weighted by atomic mass is 32.2. The summed E-state index contributed by atoms with van der Waals surface area (Å²) in [5.74, 6) is 3.24. The maximum absolute atomic E-state index is 5.58. The molecule has 1 aromatic rings. The van der Waals surface area contributed by atoms with Gasteiger partial charge in [-0.15, -0.1) is 0 Å². The molecule has 1 unspecified atom stereocenters. The van der Waals surface area contributed by atoms with Crippen molar-refractivity contribution in [2.75, 3.05) is 25.2 Å². The lowest BCUT2D eigenvalue weighted by molar-refractivity contribution is 0.317. The standard InChI is InChI=1S/C14H23NOS/c1-4-10-16-13-8-6-12(7-9-13)14(15-3)11-17-5-2/h6-9,14-15H,4-5,10-11H2,1-3H3. The SMILES string of the molecule is CCCOc1ccc(C(CSCC)NC)cc1. The lowest BCUT2D eigenvalue weighted by atomic mass is 10.1. The number of nitrogens with one attached hydrogen (secondary N) is 1. The largest absolute Gasteiger partial charge is 0.494 e. The highest BCUT2D eigenvalue weighted by molar-refractivity contribution is 7.99. The molecule has 0 radical (unpaired) electrons. The van der Waals surface area contributed by atoms with Crippen molar-refractivity contribution in [1.82, 2.24) is 5.32 Å². The summed E-state index contributed by atoms with van der Waals surface area (Å²) in [6.45, 7) is 5.10. The van der Waals surface area contributed by atoms with Crippen LogP contribution in [0.4, 0.5) is 0 Å². The van der Waals surface area contributed by atoms with Gasteiger partial charge in [-0.25, -0.2) is 0 Å². The van der Waals surface area contributed by atoms with E-state index in [1.54, 1.807) is 0 Å². The van der Waals surface area contributed by atoms with Gasteiger partial charge in [0.1, 0.15) is 5.75 Å². The van der Waals surface area contributed by atoms with Crippen LogP contribution in [0.2, 0.25) is 0 Å². The third kappa shape index (κ3) is 5.00. The fourth-order valence-electron chi connectivity index (χ4n) is 1.60. The van der Waals surface area contributed by atoms with Crippen LogP contribution < -0.4 is 10.1 Å². The van der Waals surface area contributed by atoms with Gasteiger partial charge in [-0.3, -0.25) is 0 Å². The molecule has 0 aromatic heterocycles. The van der Waals surface area contributed by atoms with Crippen LogP contribution in [-0.2, 0) is 0 Å². The van der Waals surface area contributed by atoms with Crippen LogP contribution in [0.3, 0.4) is 0 Å². The molecule has 3 heteroatoms. The molecular weight excluding hydrogens is 230 g/mol. The van der Waals surface area contributed by atoms with Gasteiger partial charge in [0.05, 0.1) is 6.61 Å². The third-order valence-electron chi connectivity index (χ3n) is 2.59. The first-order valence-corrected chi connectivity index (χ1v) is 7.45. The topological polar surface area (TPSA) is 21.3 Å². The number of ether oxygens (including phenoxy) is 1. The average Bonchev–Trinajstić information content (AvgIpc) is 2.38. The second-order valence-corrected chi connectivity index (χ2v) is 5.24. The highest BCUT2D eigenvalue weighted by Crippen LogP contribution is 2.21. The van der Waals surface area contributed by atoms with Gasteiger partial charge in [0, 0.05) is 11.8 Å². The van der Waals surface area contributed by atoms with E-state index in [-0.39, 0.29) is 0 Å². The van der Waals surface area contributed by atoms with Gasteiger partial charge in [0.2, 0.25) is 0 Å². The fourth-order valence-corrected chi connectivity index (χ4v) is 2.43. The van der Waals surface area contributed by atoms with E-state index in [1.165, 1.54) is 5.56 Å². The molecule has 1 atom stereocenters. The average molecular weight is 253 g/mol. The monoisotopic (exact) mass is 253 g/mol. The van der Waals surface area contributed by atoms with Crippen LogP contribution in [-0.4, -0.2) is 25.2 Å². The Morgan fingerprint density at radius 3 is 2.47 bits per heavy atom. The zero-order valence-electron chi connectivity index (χ0n) is 11.0. The maximum Gasteiger partial charge on any atom is 0.119 e. The normalized spacial score (nSPS) is 12.4. The Morgan fingerprint density at radius 1 is 1.24 bits per heavy atom. The molecule has 0 aliphatic carbocycles. The maximum atomic E-state index is 5.58. The fraction of sp³-hybridized carbons (Fsp3) is 0.571. The van der Waals surface area contributed by atoms with Crippen LogP contribution in [0.5, 0.6) is 5.75 Å². The Balaban J connectivity index is 2.57. The molecule has 0 spiro atoms. The molecule has 0 saturated heterocycles. The predicted molar refractivity (Wildman–Crippen MR) is 77.0 cm³/mol. The van der Waals surface area contributed by atoms with Gasteiger partial charge in [0.15, 0.2) is 0 Å². The Hall–Kier alpha value is -0.670. The Kier molecular flexibility index (Phi) is 7.13. The molecule has 0 bridgehead atoms. The summed E-state index contributed by atoms with van der Waals surface area (Å²) in [6.07, 6.45) is 1.05. The summed E-state index contributed by atoms with van der Waals surface area (Å²) in [5.41, 5.74) is 1.33. The summed E-state index contributed by atoms with van der Waals surface area (Å²) in [7, 11) is 2.02. The number of thioether (sulfide) groups is 1. The van der Waals surface area contributed by atoms with Gasteiger partial charge in [0.25, 0.3) is 0 Å². The van der Waals surface area contributed by atoms with E-state index < -0.39 is 0 Å². The van der Waals surface area contributed by atoms with Gasteiger partial charge in [-0.2, -0.15) is 11.8 Å². The smallest absolute Gasteiger partial charge is 0.119 e. The van der Waals surface area contributed by atoms with E-state index >= 15 is 0 Å². The van der Waals surface area contributed by atoms with Crippen LogP contribution in [0.1, 0.15) is 31.9 Å². The van der Waals surface area contributed by atoms with Gasteiger partial charge < -0.3 is 10.1 Å². The second kappa shape index (κ2) is 8.43. The predicted octanol–water partition coefficient (Wildman–Crippen LogP) is 3.49. The van der Waals surface area contributed by atoms with E-state index in [9.17, 15) is 0 Å². The third-order valence-corrected chi connectivity index (χ3v) is 3.57. The minimum Gasteiger partial charge on any atom is -0.494 e. The van der Waals surface area contributed by atoms with Crippen molar-refractivity contribution >= 4 is 11.8 Å². The molecule has 0 saturated carbocycles. The zero-order chi connectivity index (χ0) is 12.5. The molecular formula is C14H23NOS. The number of hydrogen-bond acceptors (Lipinski definition) is 3. The Morgan fingerprint density at radius 2 is 1.94 bits per heavy atom. The van der Waals surface area contributed by atoms with Crippen LogP contribution in [0.15, 0.2) is 24.3 Å². The summed E-state index contributed by atoms with van der Waals surface area (Å²) < 4.78 is 5.58. The molecule has 1 aromatic carbocycles. The van der Waals surface area contributed by atoms with Crippen molar-refractivity contribution in [2.24, 2.45) is 0 Å². The molecule has 0 fully saturated rings. The quantitative estimate of drug-likeness (QED) is 0.766. The minimum absolute atomic E-state index is 0.431. The molecule has 2 nitrogen and oxygen atoms in total. The zero-order valence-corrected chi connectivity index (χ0v) is 11.8. The highest BCUT2D eigenvalue weighted by Gasteiger charge is 2.08. The minimum atomic E-state index is 0.431. The molecule has 0 aliphatic heterocycles. The van der Waals surface area contributed by atoms with Crippen molar-refractivity contribution in [1.29, 1.82) is 0 Å². The van der Waals surface area contributed by atoms with E-state index in [0.29, 0.717) is 6.04 Å². The summed E-state index contributed by atoms with van der Waals surface area (Å²) in [4.78, 5) is 0. The van der Waals surface area contributed by atoms with Crippen molar-refractivity contribution < 1.29 is 4.74 Å². The molecule has 1 rings (SSSR count). The Labute approximate surface area is 109 Å². The van der Waals surface area contributed by atoms with Gasteiger partial charge >= 0.3 is 0 Å². The number of benzene rings is 1. The van der Waals surface area contributed by atoms with E-state index in [4.69, 9.17) is 4.74 Å². The number of rotatable bonds is 8.